The first-order valence-electron chi connectivity index (χ1n) is 5.16. The average molecular weight is 300 g/mol. The number of nitrogens with one attached hydrogen (secondary N) is 1. The number of anilines is 1. The van der Waals surface area contributed by atoms with Crippen molar-refractivity contribution >= 4 is 27.4 Å². The lowest BCUT2D eigenvalue weighted by Gasteiger charge is -2.08. The van der Waals surface area contributed by atoms with Gasteiger partial charge >= 0.3 is 0 Å². The zero-order chi connectivity index (χ0) is 13.9. The van der Waals surface area contributed by atoms with Crippen LogP contribution < -0.4 is 9.46 Å². The highest BCUT2D eigenvalue weighted by atomic mass is 35.5. The lowest BCUT2D eigenvalue weighted by Crippen LogP contribution is -2.14. The summed E-state index contributed by atoms with van der Waals surface area (Å²) in [6.07, 6.45) is 2.58. The summed E-state index contributed by atoms with van der Waals surface area (Å²) >= 11 is 5.64. The van der Waals surface area contributed by atoms with Gasteiger partial charge in [-0.05, 0) is 12.1 Å². The Bertz CT molecular complexity index is 691. The third-order valence-electron chi connectivity index (χ3n) is 2.20. The molecule has 0 fully saturated rings. The van der Waals surface area contributed by atoms with Crippen LogP contribution in [-0.4, -0.2) is 25.5 Å². The average Bonchev–Trinajstić information content (AvgIpc) is 2.38. The molecule has 0 unspecified atom stereocenters. The first kappa shape index (κ1) is 13.6. The molecule has 8 heteroatoms. The minimum atomic E-state index is -3.75. The normalized spacial score (nSPS) is 11.1. The number of sulfonamides is 1. The maximum atomic E-state index is 12.1. The molecule has 1 aromatic carbocycles. The lowest BCUT2D eigenvalue weighted by molar-refractivity contribution is 0.413. The van der Waals surface area contributed by atoms with Crippen molar-refractivity contribution in [1.82, 2.24) is 9.97 Å². The molecular formula is C11H10ClN3O3S. The van der Waals surface area contributed by atoms with Gasteiger partial charge in [-0.3, -0.25) is 9.71 Å². The van der Waals surface area contributed by atoms with Crippen molar-refractivity contribution in [3.05, 3.63) is 41.8 Å². The first-order valence-corrected chi connectivity index (χ1v) is 7.02. The molecule has 1 heterocycles. The third-order valence-corrected chi connectivity index (χ3v) is 3.73. The predicted octanol–water partition coefficient (Wildman–Crippen LogP) is 1.94. The fourth-order valence-corrected chi connectivity index (χ4v) is 2.52. The standard InChI is InChI=1S/C11H10ClN3O3S/c1-18-8-3-2-4-9(5-8)19(16,17)15-11-7-13-6-10(12)14-11/h2-7H,1H3,(H,14,15). The summed E-state index contributed by atoms with van der Waals surface area (Å²) in [6.45, 7) is 0. The van der Waals surface area contributed by atoms with Gasteiger partial charge in [-0.15, -0.1) is 0 Å². The molecule has 1 N–H and O–H groups in total. The second kappa shape index (κ2) is 5.41. The number of rotatable bonds is 4. The molecule has 100 valence electrons. The van der Waals surface area contributed by atoms with E-state index < -0.39 is 10.0 Å². The van der Waals surface area contributed by atoms with Crippen LogP contribution in [0.2, 0.25) is 5.15 Å². The van der Waals surface area contributed by atoms with Gasteiger partial charge in [0.2, 0.25) is 0 Å². The maximum absolute atomic E-state index is 12.1. The van der Waals surface area contributed by atoms with Crippen LogP contribution in [0.4, 0.5) is 5.82 Å². The highest BCUT2D eigenvalue weighted by molar-refractivity contribution is 7.92. The van der Waals surface area contributed by atoms with Crippen molar-refractivity contribution < 1.29 is 13.2 Å². The molecule has 2 rings (SSSR count). The highest BCUT2D eigenvalue weighted by Crippen LogP contribution is 2.19. The van der Waals surface area contributed by atoms with Crippen LogP contribution in [0.5, 0.6) is 5.75 Å². The summed E-state index contributed by atoms with van der Waals surface area (Å²) in [5.41, 5.74) is 0. The summed E-state index contributed by atoms with van der Waals surface area (Å²) in [6, 6.07) is 6.08. The van der Waals surface area contributed by atoms with Crippen LogP contribution >= 0.6 is 11.6 Å². The van der Waals surface area contributed by atoms with Crippen LogP contribution in [0.1, 0.15) is 0 Å². The molecule has 0 aliphatic rings. The topological polar surface area (TPSA) is 81.2 Å². The number of ether oxygens (including phenoxy) is 1. The van der Waals surface area contributed by atoms with Gasteiger partial charge in [0.15, 0.2) is 5.82 Å². The van der Waals surface area contributed by atoms with E-state index in [4.69, 9.17) is 16.3 Å². The number of methoxy groups -OCH3 is 1. The quantitative estimate of drug-likeness (QED) is 0.933. The minimum absolute atomic E-state index is 0.0512. The Kier molecular flexibility index (Phi) is 3.87. The summed E-state index contributed by atoms with van der Waals surface area (Å²) < 4.78 is 31.5. The molecule has 0 bridgehead atoms. The number of aromatic nitrogens is 2. The third kappa shape index (κ3) is 3.33. The van der Waals surface area contributed by atoms with Gasteiger partial charge in [0.05, 0.1) is 24.4 Å². The van der Waals surface area contributed by atoms with Crippen molar-refractivity contribution in [2.75, 3.05) is 11.8 Å². The van der Waals surface area contributed by atoms with E-state index in [0.717, 1.165) is 0 Å². The number of nitrogens with zero attached hydrogens (tertiary/aromatic N) is 2. The number of benzene rings is 1. The molecule has 0 radical (unpaired) electrons. The summed E-state index contributed by atoms with van der Waals surface area (Å²) in [5, 5.41) is 0.103. The zero-order valence-corrected chi connectivity index (χ0v) is 11.4. The predicted molar refractivity (Wildman–Crippen MR) is 70.8 cm³/mol. The lowest BCUT2D eigenvalue weighted by atomic mass is 10.3. The SMILES string of the molecule is COc1cccc(S(=O)(=O)Nc2cncc(Cl)n2)c1. The molecule has 0 saturated carbocycles. The Morgan fingerprint density at radius 2 is 2.11 bits per heavy atom. The Hall–Kier alpha value is -1.86. The van der Waals surface area contributed by atoms with E-state index in [1.165, 1.54) is 31.6 Å². The van der Waals surface area contributed by atoms with Gasteiger partial charge in [-0.25, -0.2) is 13.4 Å². The molecule has 19 heavy (non-hydrogen) atoms. The molecule has 0 aliphatic heterocycles. The molecule has 2 aromatic rings. The first-order chi connectivity index (χ1) is 9.01. The van der Waals surface area contributed by atoms with Crippen molar-refractivity contribution in [3.8, 4) is 5.75 Å². The molecule has 0 spiro atoms. The summed E-state index contributed by atoms with van der Waals surface area (Å²) in [5.74, 6) is 0.496. The van der Waals surface area contributed by atoms with E-state index in [-0.39, 0.29) is 15.9 Å². The van der Waals surface area contributed by atoms with E-state index in [1.807, 2.05) is 0 Å². The fourth-order valence-electron chi connectivity index (χ4n) is 1.36. The molecule has 6 nitrogen and oxygen atoms in total. The van der Waals surface area contributed by atoms with Crippen LogP contribution in [0, 0.1) is 0 Å². The molecule has 0 aliphatic carbocycles. The molecule has 0 amide bonds. The largest absolute Gasteiger partial charge is 0.497 e. The van der Waals surface area contributed by atoms with Gasteiger partial charge in [0.1, 0.15) is 10.9 Å². The highest BCUT2D eigenvalue weighted by Gasteiger charge is 2.15. The zero-order valence-electron chi connectivity index (χ0n) is 9.87. The molecule has 0 saturated heterocycles. The Morgan fingerprint density at radius 3 is 2.79 bits per heavy atom. The Labute approximate surface area is 115 Å². The van der Waals surface area contributed by atoms with Gasteiger partial charge < -0.3 is 4.74 Å². The van der Waals surface area contributed by atoms with E-state index in [1.54, 1.807) is 12.1 Å². The van der Waals surface area contributed by atoms with Crippen molar-refractivity contribution in [3.63, 3.8) is 0 Å². The van der Waals surface area contributed by atoms with Gasteiger partial charge in [0, 0.05) is 6.07 Å². The Morgan fingerprint density at radius 1 is 1.32 bits per heavy atom. The van der Waals surface area contributed by atoms with E-state index in [2.05, 4.69) is 14.7 Å². The second-order valence-electron chi connectivity index (χ2n) is 3.51. The van der Waals surface area contributed by atoms with Crippen LogP contribution in [0.15, 0.2) is 41.6 Å². The molecular weight excluding hydrogens is 290 g/mol. The van der Waals surface area contributed by atoms with Crippen LogP contribution in [0.25, 0.3) is 0 Å². The van der Waals surface area contributed by atoms with Crippen molar-refractivity contribution in [1.29, 1.82) is 0 Å². The number of hydrogen-bond donors (Lipinski definition) is 1. The van der Waals surface area contributed by atoms with E-state index in [0.29, 0.717) is 5.75 Å². The smallest absolute Gasteiger partial charge is 0.263 e. The molecule has 0 atom stereocenters. The molecule has 1 aromatic heterocycles. The second-order valence-corrected chi connectivity index (χ2v) is 5.58. The summed E-state index contributed by atoms with van der Waals surface area (Å²) in [7, 11) is -2.29. The van der Waals surface area contributed by atoms with E-state index in [9.17, 15) is 8.42 Å². The fraction of sp³-hybridized carbons (Fsp3) is 0.0909. The van der Waals surface area contributed by atoms with Gasteiger partial charge in [-0.1, -0.05) is 17.7 Å². The summed E-state index contributed by atoms with van der Waals surface area (Å²) in [4.78, 5) is 7.62. The van der Waals surface area contributed by atoms with Crippen molar-refractivity contribution in [2.45, 2.75) is 4.90 Å². The number of halogens is 1. The Balaban J connectivity index is 2.32. The van der Waals surface area contributed by atoms with Crippen LogP contribution in [-0.2, 0) is 10.0 Å². The van der Waals surface area contributed by atoms with E-state index >= 15 is 0 Å². The number of hydrogen-bond acceptors (Lipinski definition) is 5. The van der Waals surface area contributed by atoms with Gasteiger partial charge in [-0.2, -0.15) is 0 Å². The van der Waals surface area contributed by atoms with Crippen molar-refractivity contribution in [2.24, 2.45) is 0 Å². The minimum Gasteiger partial charge on any atom is -0.497 e. The maximum Gasteiger partial charge on any atom is 0.263 e. The van der Waals surface area contributed by atoms with Gasteiger partial charge in [0.25, 0.3) is 10.0 Å². The van der Waals surface area contributed by atoms with Crippen LogP contribution in [0.3, 0.4) is 0 Å². The monoisotopic (exact) mass is 299 g/mol.